The molecule has 0 rings (SSSR count). The molecule has 0 saturated carbocycles. The maximum atomic E-state index is 11.5. The first-order valence-corrected chi connectivity index (χ1v) is 8.22. The Bertz CT molecular complexity index is 350. The van der Waals surface area contributed by atoms with Crippen LogP contribution in [0.1, 0.15) is 40.0 Å². The maximum absolute atomic E-state index is 11.5. The van der Waals surface area contributed by atoms with Gasteiger partial charge in [0.15, 0.2) is 9.84 Å². The van der Waals surface area contributed by atoms with Crippen LogP contribution in [0.5, 0.6) is 0 Å². The van der Waals surface area contributed by atoms with Gasteiger partial charge in [0.1, 0.15) is 0 Å². The van der Waals surface area contributed by atoms with E-state index in [-0.39, 0.29) is 29.4 Å². The molecule has 0 aromatic carbocycles. The molecule has 0 spiro atoms. The number of hydrogen-bond acceptors (Lipinski definition) is 4. The Morgan fingerprint density at radius 1 is 1.28 bits per heavy atom. The summed E-state index contributed by atoms with van der Waals surface area (Å²) in [6, 6.07) is 0. The van der Waals surface area contributed by atoms with Gasteiger partial charge in [-0.1, -0.05) is 20.8 Å². The number of amides is 1. The number of carbonyl (C=O) groups is 1. The van der Waals surface area contributed by atoms with E-state index in [1.807, 2.05) is 0 Å². The zero-order valence-corrected chi connectivity index (χ0v) is 12.5. The number of carbonyl (C=O) groups excluding carboxylic acids is 1. The van der Waals surface area contributed by atoms with Gasteiger partial charge in [0.05, 0.1) is 5.75 Å². The van der Waals surface area contributed by atoms with Crippen LogP contribution in [0, 0.1) is 5.41 Å². The van der Waals surface area contributed by atoms with E-state index in [2.05, 4.69) is 19.2 Å². The van der Waals surface area contributed by atoms with Gasteiger partial charge in [-0.2, -0.15) is 0 Å². The molecule has 0 radical (unpaired) electrons. The van der Waals surface area contributed by atoms with Gasteiger partial charge >= 0.3 is 0 Å². The van der Waals surface area contributed by atoms with Crippen LogP contribution in [0.15, 0.2) is 0 Å². The highest BCUT2D eigenvalue weighted by molar-refractivity contribution is 7.91. The molecular weight excluding hydrogens is 252 g/mol. The summed E-state index contributed by atoms with van der Waals surface area (Å²) in [6.07, 6.45) is 2.06. The molecule has 0 atom stereocenters. The summed E-state index contributed by atoms with van der Waals surface area (Å²) >= 11 is 0. The van der Waals surface area contributed by atoms with Crippen molar-refractivity contribution in [1.82, 2.24) is 5.32 Å². The Labute approximate surface area is 110 Å². The summed E-state index contributed by atoms with van der Waals surface area (Å²) < 4.78 is 22.4. The summed E-state index contributed by atoms with van der Waals surface area (Å²) in [5, 5.41) is 2.64. The molecule has 0 unspecified atom stereocenters. The highest BCUT2D eigenvalue weighted by atomic mass is 32.2. The third-order valence-electron chi connectivity index (χ3n) is 3.03. The van der Waals surface area contributed by atoms with E-state index in [1.165, 1.54) is 0 Å². The maximum Gasteiger partial charge on any atom is 0.220 e. The summed E-state index contributed by atoms with van der Waals surface area (Å²) in [5.41, 5.74) is 5.55. The Morgan fingerprint density at radius 2 is 1.89 bits per heavy atom. The lowest BCUT2D eigenvalue weighted by Crippen LogP contribution is -2.30. The van der Waals surface area contributed by atoms with E-state index < -0.39 is 9.84 Å². The molecular formula is C12H26N2O3S. The number of hydrogen-bond donors (Lipinski definition) is 2. The molecule has 108 valence electrons. The fourth-order valence-electron chi connectivity index (χ4n) is 1.55. The molecule has 6 heteroatoms. The molecule has 0 aliphatic rings. The van der Waals surface area contributed by atoms with Gasteiger partial charge in [0, 0.05) is 18.7 Å². The molecule has 1 amide bonds. The van der Waals surface area contributed by atoms with Crippen LogP contribution >= 0.6 is 0 Å². The van der Waals surface area contributed by atoms with Gasteiger partial charge in [-0.3, -0.25) is 4.79 Å². The van der Waals surface area contributed by atoms with Gasteiger partial charge in [0.25, 0.3) is 0 Å². The van der Waals surface area contributed by atoms with Gasteiger partial charge in [-0.25, -0.2) is 8.42 Å². The van der Waals surface area contributed by atoms with Crippen molar-refractivity contribution in [3.05, 3.63) is 0 Å². The van der Waals surface area contributed by atoms with Crippen molar-refractivity contribution in [1.29, 1.82) is 0 Å². The fourth-order valence-corrected chi connectivity index (χ4v) is 2.25. The second-order valence-corrected chi connectivity index (χ2v) is 7.76. The first kappa shape index (κ1) is 17.4. The second-order valence-electron chi connectivity index (χ2n) is 5.29. The minimum Gasteiger partial charge on any atom is -0.355 e. The molecule has 0 aromatic rings. The van der Waals surface area contributed by atoms with Crippen molar-refractivity contribution in [3.8, 4) is 0 Å². The lowest BCUT2D eigenvalue weighted by Gasteiger charge is -2.23. The predicted molar refractivity (Wildman–Crippen MR) is 74.0 cm³/mol. The zero-order valence-electron chi connectivity index (χ0n) is 11.7. The molecule has 0 aliphatic carbocycles. The van der Waals surface area contributed by atoms with Crippen molar-refractivity contribution < 1.29 is 13.2 Å². The molecule has 5 nitrogen and oxygen atoms in total. The molecule has 0 saturated heterocycles. The van der Waals surface area contributed by atoms with Crippen LogP contribution in [-0.2, 0) is 14.6 Å². The average Bonchev–Trinajstić information content (AvgIpc) is 2.26. The minimum atomic E-state index is -3.00. The molecule has 3 N–H and O–H groups in total. The lowest BCUT2D eigenvalue weighted by atomic mass is 9.84. The predicted octanol–water partition coefficient (Wildman–Crippen LogP) is 0.693. The Balaban J connectivity index is 3.86. The lowest BCUT2D eigenvalue weighted by molar-refractivity contribution is -0.121. The number of nitrogens with one attached hydrogen (secondary N) is 1. The zero-order chi connectivity index (χ0) is 14.2. The number of nitrogens with two attached hydrogens (primary N) is 1. The van der Waals surface area contributed by atoms with E-state index >= 15 is 0 Å². The van der Waals surface area contributed by atoms with Crippen LogP contribution in [0.25, 0.3) is 0 Å². The minimum absolute atomic E-state index is 0.0153. The van der Waals surface area contributed by atoms with Gasteiger partial charge < -0.3 is 11.1 Å². The number of sulfone groups is 1. The standard InChI is InChI=1S/C12H26N2O3S/c1-4-18(16,17)10-9-14-11(15)5-6-12(2,3)7-8-13/h4-10,13H2,1-3H3,(H,14,15). The molecule has 18 heavy (non-hydrogen) atoms. The average molecular weight is 278 g/mol. The first-order valence-electron chi connectivity index (χ1n) is 6.39. The number of rotatable bonds is 9. The highest BCUT2D eigenvalue weighted by Gasteiger charge is 2.18. The van der Waals surface area contributed by atoms with Crippen molar-refractivity contribution in [2.24, 2.45) is 11.1 Å². The van der Waals surface area contributed by atoms with E-state index in [1.54, 1.807) is 6.92 Å². The van der Waals surface area contributed by atoms with Crippen LogP contribution in [0.3, 0.4) is 0 Å². The van der Waals surface area contributed by atoms with Crippen molar-refractivity contribution in [2.75, 3.05) is 24.6 Å². The Hall–Kier alpha value is -0.620. The van der Waals surface area contributed by atoms with E-state index in [9.17, 15) is 13.2 Å². The normalized spacial score (nSPS) is 12.4. The largest absolute Gasteiger partial charge is 0.355 e. The van der Waals surface area contributed by atoms with E-state index in [0.29, 0.717) is 13.0 Å². The summed E-state index contributed by atoms with van der Waals surface area (Å²) in [6.45, 7) is 6.57. The Kier molecular flexibility index (Phi) is 7.47. The fraction of sp³-hybridized carbons (Fsp3) is 0.917. The van der Waals surface area contributed by atoms with Crippen molar-refractivity contribution in [2.45, 2.75) is 40.0 Å². The van der Waals surface area contributed by atoms with Gasteiger partial charge in [-0.05, 0) is 24.8 Å². The van der Waals surface area contributed by atoms with Gasteiger partial charge in [0.2, 0.25) is 5.91 Å². The van der Waals surface area contributed by atoms with E-state index in [4.69, 9.17) is 5.73 Å². The third-order valence-corrected chi connectivity index (χ3v) is 4.73. The van der Waals surface area contributed by atoms with Crippen LogP contribution in [0.2, 0.25) is 0 Å². The molecule has 0 aromatic heterocycles. The molecule has 0 bridgehead atoms. The monoisotopic (exact) mass is 278 g/mol. The van der Waals surface area contributed by atoms with Crippen molar-refractivity contribution in [3.63, 3.8) is 0 Å². The molecule has 0 aliphatic heterocycles. The quantitative estimate of drug-likeness (QED) is 0.649. The van der Waals surface area contributed by atoms with Crippen LogP contribution in [-0.4, -0.2) is 38.9 Å². The SMILES string of the molecule is CCS(=O)(=O)CCNC(=O)CCC(C)(C)CCN. The van der Waals surface area contributed by atoms with Crippen LogP contribution in [0.4, 0.5) is 0 Å². The topological polar surface area (TPSA) is 89.3 Å². The Morgan fingerprint density at radius 3 is 2.39 bits per heavy atom. The molecule has 0 fully saturated rings. The van der Waals surface area contributed by atoms with Gasteiger partial charge in [-0.15, -0.1) is 0 Å². The van der Waals surface area contributed by atoms with Crippen LogP contribution < -0.4 is 11.1 Å². The summed E-state index contributed by atoms with van der Waals surface area (Å²) in [4.78, 5) is 11.5. The first-order chi connectivity index (χ1) is 8.22. The molecule has 0 heterocycles. The summed E-state index contributed by atoms with van der Waals surface area (Å²) in [7, 11) is -3.00. The smallest absolute Gasteiger partial charge is 0.220 e. The second kappa shape index (κ2) is 7.74. The van der Waals surface area contributed by atoms with E-state index in [0.717, 1.165) is 12.8 Å². The highest BCUT2D eigenvalue weighted by Crippen LogP contribution is 2.25. The summed E-state index contributed by atoms with van der Waals surface area (Å²) in [5.74, 6) is 0.0415. The third kappa shape index (κ3) is 8.47. The van der Waals surface area contributed by atoms with Crippen molar-refractivity contribution >= 4 is 15.7 Å².